The molecule has 10 heteroatoms. The summed E-state index contributed by atoms with van der Waals surface area (Å²) in [6.45, 7) is 0.906. The molecule has 47 heavy (non-hydrogen) atoms. The van der Waals surface area contributed by atoms with Crippen LogP contribution in [-0.4, -0.2) is 62.3 Å². The van der Waals surface area contributed by atoms with Crippen LogP contribution in [-0.2, 0) is 63.7 Å². The lowest BCUT2D eigenvalue weighted by Crippen LogP contribution is -2.68. The summed E-state index contributed by atoms with van der Waals surface area (Å²) in [5, 5.41) is 12.4. The molecule has 1 saturated heterocycles. The third kappa shape index (κ3) is 9.90. The highest BCUT2D eigenvalue weighted by Gasteiger charge is 2.59. The van der Waals surface area contributed by atoms with Crippen molar-refractivity contribution < 1.29 is 42.4 Å². The maximum Gasteiger partial charge on any atom is 0.335 e. The Bertz CT molecular complexity index is 1500. The quantitative estimate of drug-likeness (QED) is 0.126. The van der Waals surface area contributed by atoms with Crippen molar-refractivity contribution in [3.05, 3.63) is 144 Å². The van der Waals surface area contributed by atoms with Gasteiger partial charge in [-0.1, -0.05) is 121 Å². The van der Waals surface area contributed by atoms with Crippen molar-refractivity contribution in [1.82, 2.24) is 0 Å². The summed E-state index contributed by atoms with van der Waals surface area (Å²) in [5.41, 5.74) is 3.71. The molecule has 0 bridgehead atoms. The molecule has 1 aliphatic heterocycles. The Kier molecular flexibility index (Phi) is 12.9. The minimum absolute atomic E-state index is 0.0392. The van der Waals surface area contributed by atoms with E-state index in [-0.39, 0.29) is 26.4 Å². The van der Waals surface area contributed by atoms with Gasteiger partial charge < -0.3 is 37.8 Å². The first-order valence-electron chi connectivity index (χ1n) is 15.6. The van der Waals surface area contributed by atoms with Crippen molar-refractivity contribution in [1.29, 1.82) is 0 Å². The minimum Gasteiger partial charge on any atom is -0.374 e. The fourth-order valence-corrected chi connectivity index (χ4v) is 6.76. The molecule has 5 rings (SSSR count). The van der Waals surface area contributed by atoms with E-state index in [4.69, 9.17) is 32.7 Å². The molecule has 5 atom stereocenters. The van der Waals surface area contributed by atoms with Gasteiger partial charge in [0.1, 0.15) is 30.6 Å². The first-order valence-corrected chi connectivity index (χ1v) is 17.3. The number of ether oxygens (including phenoxy) is 5. The second kappa shape index (κ2) is 17.3. The van der Waals surface area contributed by atoms with Crippen LogP contribution < -0.4 is 0 Å². The monoisotopic (exact) mass is 662 g/mol. The summed E-state index contributed by atoms with van der Waals surface area (Å²) in [5.74, 6) is -2.18. The molecule has 0 spiro atoms. The summed E-state index contributed by atoms with van der Waals surface area (Å²) in [4.78, 5) is 0. The maximum absolute atomic E-state index is 13.6. The smallest absolute Gasteiger partial charge is 0.335 e. The van der Waals surface area contributed by atoms with Gasteiger partial charge in [0.25, 0.3) is 0 Å². The number of benzene rings is 4. The average Bonchev–Trinajstić information content (AvgIpc) is 3.11. The largest absolute Gasteiger partial charge is 0.374 e. The number of hydrogen-bond acceptors (Lipinski definition) is 9. The Balaban J connectivity index is 1.51. The number of hydrogen-bond donors (Lipinski definition) is 1. The third-order valence-corrected chi connectivity index (χ3v) is 9.95. The molecular weight excluding hydrogens is 619 g/mol. The Morgan fingerprint density at radius 3 is 1.47 bits per heavy atom. The van der Waals surface area contributed by atoms with Crippen LogP contribution in [0.5, 0.6) is 0 Å². The van der Waals surface area contributed by atoms with Gasteiger partial charge in [-0.2, -0.15) is 0 Å². The molecule has 0 aliphatic carbocycles. The number of rotatable bonds is 17. The molecular formula is C37H43O9P. The fraction of sp³-hybridized carbons (Fsp3) is 0.351. The lowest BCUT2D eigenvalue weighted by Gasteiger charge is -2.50. The lowest BCUT2D eigenvalue weighted by molar-refractivity contribution is -0.362. The SMILES string of the molecule is COP(=O)(C[C@]1(O)O[C@H](COCc2ccccc2)[C@@H](OCc2ccccc2)[C@H](OCc2ccccc2)[C@H]1OCc1ccccc1)OC. The fourth-order valence-electron chi connectivity index (χ4n) is 5.54. The van der Waals surface area contributed by atoms with Gasteiger partial charge in [0.15, 0.2) is 0 Å². The van der Waals surface area contributed by atoms with Crippen LogP contribution in [0, 0.1) is 0 Å². The van der Waals surface area contributed by atoms with Gasteiger partial charge in [0, 0.05) is 14.2 Å². The van der Waals surface area contributed by atoms with E-state index in [9.17, 15) is 9.67 Å². The van der Waals surface area contributed by atoms with Gasteiger partial charge >= 0.3 is 7.60 Å². The standard InChI is InChI=1S/C37H43O9P/c1-40-47(39,41-2)28-37(38)36(45-26-32-21-13-6-14-22-32)35(44-25-31-19-11-5-12-20-31)34(43-24-30-17-9-4-10-18-30)33(46-37)27-42-23-29-15-7-3-8-16-29/h3-22,33-36,38H,23-28H2,1-2H3/t33-,34-,35+,36-,37+/m1/s1. The molecule has 9 nitrogen and oxygen atoms in total. The van der Waals surface area contributed by atoms with E-state index in [0.717, 1.165) is 22.3 Å². The molecule has 1 heterocycles. The first-order chi connectivity index (χ1) is 22.9. The molecule has 0 aromatic heterocycles. The summed E-state index contributed by atoms with van der Waals surface area (Å²) in [6, 6.07) is 38.8. The highest BCUT2D eigenvalue weighted by atomic mass is 31.2. The van der Waals surface area contributed by atoms with Crippen LogP contribution in [0.1, 0.15) is 22.3 Å². The van der Waals surface area contributed by atoms with E-state index in [1.807, 2.05) is 121 Å². The van der Waals surface area contributed by atoms with Crippen LogP contribution >= 0.6 is 7.60 Å². The van der Waals surface area contributed by atoms with Gasteiger partial charge in [-0.25, -0.2) is 0 Å². The molecule has 0 saturated carbocycles. The van der Waals surface area contributed by atoms with Crippen LogP contribution in [0.25, 0.3) is 0 Å². The van der Waals surface area contributed by atoms with Crippen molar-refractivity contribution in [2.75, 3.05) is 27.0 Å². The molecule has 0 unspecified atom stereocenters. The van der Waals surface area contributed by atoms with E-state index in [0.29, 0.717) is 6.61 Å². The zero-order valence-electron chi connectivity index (χ0n) is 26.8. The lowest BCUT2D eigenvalue weighted by atomic mass is 9.92. The molecule has 0 radical (unpaired) electrons. The normalized spacial score (nSPS) is 23.0. The summed E-state index contributed by atoms with van der Waals surface area (Å²) < 4.78 is 56.4. The molecule has 1 aliphatic rings. The molecule has 1 N–H and O–H groups in total. The Morgan fingerprint density at radius 1 is 0.617 bits per heavy atom. The third-order valence-electron chi connectivity index (χ3n) is 8.00. The molecule has 0 amide bonds. The van der Waals surface area contributed by atoms with Crippen molar-refractivity contribution in [2.24, 2.45) is 0 Å². The molecule has 1 fully saturated rings. The second-order valence-electron chi connectivity index (χ2n) is 11.4. The predicted molar refractivity (Wildman–Crippen MR) is 177 cm³/mol. The van der Waals surface area contributed by atoms with Gasteiger partial charge in [-0.3, -0.25) is 4.57 Å². The van der Waals surface area contributed by atoms with Gasteiger partial charge in [-0.15, -0.1) is 0 Å². The molecule has 250 valence electrons. The van der Waals surface area contributed by atoms with E-state index in [1.54, 1.807) is 0 Å². The number of aliphatic hydroxyl groups is 1. The van der Waals surface area contributed by atoms with Crippen molar-refractivity contribution in [3.63, 3.8) is 0 Å². The van der Waals surface area contributed by atoms with Crippen LogP contribution in [0.15, 0.2) is 121 Å². The molecule has 4 aromatic carbocycles. The Labute approximate surface area is 276 Å². The average molecular weight is 663 g/mol. The van der Waals surface area contributed by atoms with Crippen LogP contribution in [0.3, 0.4) is 0 Å². The van der Waals surface area contributed by atoms with Crippen LogP contribution in [0.2, 0.25) is 0 Å². The van der Waals surface area contributed by atoms with E-state index < -0.39 is 44.0 Å². The zero-order chi connectivity index (χ0) is 33.0. The van der Waals surface area contributed by atoms with E-state index in [1.165, 1.54) is 14.2 Å². The second-order valence-corrected chi connectivity index (χ2v) is 13.6. The minimum atomic E-state index is -3.83. The van der Waals surface area contributed by atoms with Crippen molar-refractivity contribution >= 4 is 7.60 Å². The highest BCUT2D eigenvalue weighted by Crippen LogP contribution is 2.52. The van der Waals surface area contributed by atoms with Gasteiger partial charge in [0.05, 0.1) is 33.0 Å². The van der Waals surface area contributed by atoms with Gasteiger partial charge in [0.2, 0.25) is 5.79 Å². The molecule has 4 aromatic rings. The predicted octanol–water partition coefficient (Wildman–Crippen LogP) is 6.53. The maximum atomic E-state index is 13.6. The van der Waals surface area contributed by atoms with E-state index in [2.05, 4.69) is 0 Å². The zero-order valence-corrected chi connectivity index (χ0v) is 27.7. The summed E-state index contributed by atoms with van der Waals surface area (Å²) in [7, 11) is -1.29. The van der Waals surface area contributed by atoms with Crippen molar-refractivity contribution in [3.8, 4) is 0 Å². The van der Waals surface area contributed by atoms with Crippen molar-refractivity contribution in [2.45, 2.75) is 56.6 Å². The topological polar surface area (TPSA) is 102 Å². The van der Waals surface area contributed by atoms with E-state index >= 15 is 0 Å². The summed E-state index contributed by atoms with van der Waals surface area (Å²) >= 11 is 0. The Morgan fingerprint density at radius 2 is 1.02 bits per heavy atom. The first kappa shape index (κ1) is 35.1. The van der Waals surface area contributed by atoms with Gasteiger partial charge in [-0.05, 0) is 22.3 Å². The highest BCUT2D eigenvalue weighted by molar-refractivity contribution is 7.53. The summed E-state index contributed by atoms with van der Waals surface area (Å²) in [6.07, 6.45) is -4.20. The van der Waals surface area contributed by atoms with Crippen LogP contribution in [0.4, 0.5) is 0 Å². The Hall–Kier alpha value is -3.21.